The first kappa shape index (κ1) is 19.8. The van der Waals surface area contributed by atoms with Crippen LogP contribution >= 0.6 is 0 Å². The molecule has 0 aromatic heterocycles. The lowest BCUT2D eigenvalue weighted by molar-refractivity contribution is -0.0519. The predicted molar refractivity (Wildman–Crippen MR) is 106 cm³/mol. The normalized spacial score (nSPS) is 25.7. The third kappa shape index (κ3) is 6.05. The summed E-state index contributed by atoms with van der Waals surface area (Å²) in [4.78, 5) is 4.84. The molecule has 1 unspecified atom stereocenters. The van der Waals surface area contributed by atoms with E-state index in [-0.39, 0.29) is 0 Å². The number of nitrogens with zero attached hydrogens (tertiary/aromatic N) is 2. The number of hydrogen-bond acceptors (Lipinski definition) is 4. The van der Waals surface area contributed by atoms with Crippen molar-refractivity contribution in [1.29, 1.82) is 0 Å². The maximum Gasteiger partial charge on any atom is 0.0900 e. The van der Waals surface area contributed by atoms with Crippen LogP contribution < -0.4 is 0 Å². The van der Waals surface area contributed by atoms with Crippen LogP contribution in [0.2, 0.25) is 0 Å². The maximum absolute atomic E-state index is 11.1. The van der Waals surface area contributed by atoms with Crippen molar-refractivity contribution in [1.82, 2.24) is 9.80 Å². The average molecular weight is 361 g/mol. The Labute approximate surface area is 158 Å². The fraction of sp³-hybridized carbons (Fsp3) is 0.727. The summed E-state index contributed by atoms with van der Waals surface area (Å²) in [6.45, 7) is 9.62. The van der Waals surface area contributed by atoms with Crippen LogP contribution in [0.4, 0.5) is 0 Å². The molecule has 0 saturated carbocycles. The van der Waals surface area contributed by atoms with Crippen LogP contribution in [0.15, 0.2) is 24.3 Å². The highest BCUT2D eigenvalue weighted by molar-refractivity contribution is 5.23. The van der Waals surface area contributed by atoms with Gasteiger partial charge in [0.05, 0.1) is 11.2 Å². The van der Waals surface area contributed by atoms with Crippen LogP contribution in [-0.2, 0) is 13.0 Å². The van der Waals surface area contributed by atoms with E-state index >= 15 is 0 Å². The van der Waals surface area contributed by atoms with Crippen LogP contribution in [0.25, 0.3) is 0 Å². The SMILES string of the molecule is CC(C)(O)CCc1ccc(CN2CCCC(O)(CN3CCCC3)C2)cc1. The molecular weight excluding hydrogens is 324 g/mol. The predicted octanol–water partition coefficient (Wildman–Crippen LogP) is 2.81. The molecule has 2 aliphatic heterocycles. The van der Waals surface area contributed by atoms with Crippen molar-refractivity contribution in [3.05, 3.63) is 35.4 Å². The van der Waals surface area contributed by atoms with E-state index in [0.29, 0.717) is 0 Å². The molecule has 2 N–H and O–H groups in total. The first-order chi connectivity index (χ1) is 12.3. The minimum Gasteiger partial charge on any atom is -0.390 e. The molecule has 0 aliphatic carbocycles. The highest BCUT2D eigenvalue weighted by Crippen LogP contribution is 2.25. The van der Waals surface area contributed by atoms with Gasteiger partial charge in [-0.1, -0.05) is 24.3 Å². The van der Waals surface area contributed by atoms with Gasteiger partial charge in [-0.3, -0.25) is 4.90 Å². The second kappa shape index (κ2) is 8.39. The van der Waals surface area contributed by atoms with E-state index in [4.69, 9.17) is 0 Å². The summed E-state index contributed by atoms with van der Waals surface area (Å²) in [7, 11) is 0. The molecule has 26 heavy (non-hydrogen) atoms. The molecule has 2 aliphatic rings. The number of benzene rings is 1. The van der Waals surface area contributed by atoms with Gasteiger partial charge in [-0.15, -0.1) is 0 Å². The van der Waals surface area contributed by atoms with Crippen molar-refractivity contribution in [2.75, 3.05) is 32.7 Å². The minimum atomic E-state index is -0.605. The smallest absolute Gasteiger partial charge is 0.0900 e. The Balaban J connectivity index is 1.51. The molecule has 2 saturated heterocycles. The van der Waals surface area contributed by atoms with E-state index in [2.05, 4.69) is 34.1 Å². The molecule has 1 aromatic rings. The topological polar surface area (TPSA) is 46.9 Å². The molecule has 1 atom stereocenters. The van der Waals surface area contributed by atoms with Gasteiger partial charge in [-0.25, -0.2) is 0 Å². The van der Waals surface area contributed by atoms with Gasteiger partial charge in [0, 0.05) is 19.6 Å². The number of aryl methyl sites for hydroxylation is 1. The zero-order valence-electron chi connectivity index (χ0n) is 16.6. The molecule has 0 bridgehead atoms. The van der Waals surface area contributed by atoms with Crippen molar-refractivity contribution in [2.45, 2.75) is 70.1 Å². The first-order valence-corrected chi connectivity index (χ1v) is 10.3. The Morgan fingerprint density at radius 3 is 2.23 bits per heavy atom. The Hall–Kier alpha value is -0.940. The highest BCUT2D eigenvalue weighted by atomic mass is 16.3. The van der Waals surface area contributed by atoms with E-state index < -0.39 is 11.2 Å². The highest BCUT2D eigenvalue weighted by Gasteiger charge is 2.35. The molecule has 0 spiro atoms. The summed E-state index contributed by atoms with van der Waals surface area (Å²) in [5, 5.41) is 20.9. The summed E-state index contributed by atoms with van der Waals surface area (Å²) in [6.07, 6.45) is 6.24. The maximum atomic E-state index is 11.1. The number of likely N-dealkylation sites (tertiary alicyclic amines) is 2. The standard InChI is InChI=1S/C22H36N2O2/c1-21(2,25)12-10-19-6-8-20(9-7-19)16-24-15-5-11-22(26,18-24)17-23-13-3-4-14-23/h6-9,25-26H,3-5,10-18H2,1-2H3. The van der Waals surface area contributed by atoms with Crippen molar-refractivity contribution in [3.63, 3.8) is 0 Å². The Morgan fingerprint density at radius 2 is 1.58 bits per heavy atom. The van der Waals surface area contributed by atoms with Gasteiger partial charge in [0.1, 0.15) is 0 Å². The van der Waals surface area contributed by atoms with Gasteiger partial charge in [0.2, 0.25) is 0 Å². The Kier molecular flexibility index (Phi) is 6.39. The van der Waals surface area contributed by atoms with Crippen molar-refractivity contribution < 1.29 is 10.2 Å². The van der Waals surface area contributed by atoms with Gasteiger partial charge in [0.15, 0.2) is 0 Å². The van der Waals surface area contributed by atoms with Crippen molar-refractivity contribution >= 4 is 0 Å². The lowest BCUT2D eigenvalue weighted by atomic mass is 9.91. The first-order valence-electron chi connectivity index (χ1n) is 10.3. The number of piperidine rings is 1. The quantitative estimate of drug-likeness (QED) is 0.785. The largest absolute Gasteiger partial charge is 0.390 e. The second-order valence-electron chi connectivity index (χ2n) is 9.15. The molecule has 0 amide bonds. The van der Waals surface area contributed by atoms with Crippen LogP contribution in [0.1, 0.15) is 57.1 Å². The molecule has 0 radical (unpaired) electrons. The number of β-amino-alcohol motifs (C(OH)–C–C–N with tert-alkyl or cyclic N) is 1. The molecule has 1 aromatic carbocycles. The summed E-state index contributed by atoms with van der Waals surface area (Å²) in [6, 6.07) is 8.77. The molecule has 146 valence electrons. The zero-order chi connectivity index (χ0) is 18.6. The van der Waals surface area contributed by atoms with E-state index in [0.717, 1.165) is 65.0 Å². The summed E-state index contributed by atoms with van der Waals surface area (Å²) in [5.74, 6) is 0. The van der Waals surface area contributed by atoms with Crippen molar-refractivity contribution in [2.24, 2.45) is 0 Å². The molecule has 2 fully saturated rings. The van der Waals surface area contributed by atoms with Gasteiger partial charge in [-0.05, 0) is 83.1 Å². The summed E-state index contributed by atoms with van der Waals surface area (Å²) >= 11 is 0. The third-order valence-electron chi connectivity index (χ3n) is 5.81. The molecule has 4 heteroatoms. The molecule has 2 heterocycles. The minimum absolute atomic E-state index is 0.546. The van der Waals surface area contributed by atoms with E-state index in [1.54, 1.807) is 0 Å². The number of aliphatic hydroxyl groups is 2. The lowest BCUT2D eigenvalue weighted by Gasteiger charge is -2.41. The zero-order valence-corrected chi connectivity index (χ0v) is 16.6. The molecule has 3 rings (SSSR count). The van der Waals surface area contributed by atoms with E-state index in [1.807, 2.05) is 13.8 Å². The molecule has 4 nitrogen and oxygen atoms in total. The van der Waals surface area contributed by atoms with Gasteiger partial charge in [-0.2, -0.15) is 0 Å². The summed E-state index contributed by atoms with van der Waals surface area (Å²) < 4.78 is 0. The third-order valence-corrected chi connectivity index (χ3v) is 5.81. The molecular formula is C22H36N2O2. The lowest BCUT2D eigenvalue weighted by Crippen LogP contribution is -2.53. The van der Waals surface area contributed by atoms with Crippen LogP contribution in [0, 0.1) is 0 Å². The van der Waals surface area contributed by atoms with Crippen LogP contribution in [0.5, 0.6) is 0 Å². The van der Waals surface area contributed by atoms with Crippen LogP contribution in [0.3, 0.4) is 0 Å². The fourth-order valence-electron chi connectivity index (χ4n) is 4.35. The Bertz CT molecular complexity index is 561. The van der Waals surface area contributed by atoms with Crippen LogP contribution in [-0.4, -0.2) is 63.9 Å². The van der Waals surface area contributed by atoms with Gasteiger partial charge >= 0.3 is 0 Å². The second-order valence-corrected chi connectivity index (χ2v) is 9.15. The fourth-order valence-corrected chi connectivity index (χ4v) is 4.35. The van der Waals surface area contributed by atoms with Gasteiger partial charge in [0.25, 0.3) is 0 Å². The van der Waals surface area contributed by atoms with Crippen molar-refractivity contribution in [3.8, 4) is 0 Å². The van der Waals surface area contributed by atoms with Gasteiger partial charge < -0.3 is 15.1 Å². The Morgan fingerprint density at radius 1 is 0.962 bits per heavy atom. The monoisotopic (exact) mass is 360 g/mol. The average Bonchev–Trinajstić information content (AvgIpc) is 3.06. The van der Waals surface area contributed by atoms with E-state index in [1.165, 1.54) is 24.0 Å². The number of hydrogen-bond donors (Lipinski definition) is 2. The van der Waals surface area contributed by atoms with E-state index in [9.17, 15) is 10.2 Å². The summed E-state index contributed by atoms with van der Waals surface area (Å²) in [5.41, 5.74) is 1.43. The number of rotatable bonds is 7.